The first-order chi connectivity index (χ1) is 10.1. The van der Waals surface area contributed by atoms with Gasteiger partial charge in [0.05, 0.1) is 10.7 Å². The molecule has 0 atom stereocenters. The number of nitrogens with zero attached hydrogens (tertiary/aromatic N) is 3. The average Bonchev–Trinajstić information content (AvgIpc) is 2.79. The molecule has 3 rings (SSSR count). The van der Waals surface area contributed by atoms with Crippen molar-refractivity contribution in [1.29, 1.82) is 0 Å². The predicted octanol–water partition coefficient (Wildman–Crippen LogP) is 4.93. The minimum atomic E-state index is 0.494. The van der Waals surface area contributed by atoms with Gasteiger partial charge < -0.3 is 0 Å². The molecule has 21 heavy (non-hydrogen) atoms. The number of pyridine rings is 1. The summed E-state index contributed by atoms with van der Waals surface area (Å²) < 4.78 is 2.88. The lowest BCUT2D eigenvalue weighted by molar-refractivity contribution is 0.904. The molecule has 0 fully saturated rings. The van der Waals surface area contributed by atoms with Crippen molar-refractivity contribution in [1.82, 2.24) is 14.5 Å². The lowest BCUT2D eigenvalue weighted by atomic mass is 10.2. The number of alkyl halides is 1. The normalized spacial score (nSPS) is 11.2. The van der Waals surface area contributed by atoms with E-state index >= 15 is 0 Å². The monoisotopic (exact) mass is 383 g/mol. The van der Waals surface area contributed by atoms with Crippen LogP contribution in [0.4, 0.5) is 0 Å². The lowest BCUT2D eigenvalue weighted by Crippen LogP contribution is -2.04. The Balaban J connectivity index is 2.33. The molecule has 0 unspecified atom stereocenters. The van der Waals surface area contributed by atoms with Crippen molar-refractivity contribution in [2.45, 2.75) is 13.3 Å². The smallest absolute Gasteiger partial charge is 0.164 e. The minimum Gasteiger partial charge on any atom is -0.279 e. The second-order valence-electron chi connectivity index (χ2n) is 4.75. The molecule has 2 aromatic heterocycles. The van der Waals surface area contributed by atoms with Gasteiger partial charge in [0.15, 0.2) is 5.65 Å². The van der Waals surface area contributed by atoms with E-state index < -0.39 is 0 Å². The highest BCUT2D eigenvalue weighted by Crippen LogP contribution is 2.28. The summed E-state index contributed by atoms with van der Waals surface area (Å²) in [5, 5.41) is 0.667. The standard InChI is InChI=1S/C15H12BrCl2N3/c1-9-2-3-11(18)13(6-9)21-14(4-5-17)20-12-7-10(16)8-19-15(12)21/h2-3,6-8H,4-5H2,1H3. The van der Waals surface area contributed by atoms with Crippen molar-refractivity contribution in [2.75, 3.05) is 5.88 Å². The van der Waals surface area contributed by atoms with E-state index in [0.717, 1.165) is 32.7 Å². The number of benzene rings is 1. The number of imidazole rings is 1. The van der Waals surface area contributed by atoms with Crippen LogP contribution < -0.4 is 0 Å². The van der Waals surface area contributed by atoms with Crippen LogP contribution in [-0.2, 0) is 6.42 Å². The molecule has 0 aliphatic carbocycles. The summed E-state index contributed by atoms with van der Waals surface area (Å²) in [6.07, 6.45) is 2.41. The van der Waals surface area contributed by atoms with Gasteiger partial charge in [0, 0.05) is 23.0 Å². The van der Waals surface area contributed by atoms with Crippen molar-refractivity contribution in [2.24, 2.45) is 0 Å². The van der Waals surface area contributed by atoms with E-state index in [1.54, 1.807) is 6.20 Å². The van der Waals surface area contributed by atoms with Crippen LogP contribution in [0.5, 0.6) is 0 Å². The third-order valence-corrected chi connectivity index (χ3v) is 4.14. The van der Waals surface area contributed by atoms with Crippen LogP contribution in [0.25, 0.3) is 16.9 Å². The molecule has 108 valence electrons. The van der Waals surface area contributed by atoms with Gasteiger partial charge in [0.1, 0.15) is 11.3 Å². The maximum atomic E-state index is 6.37. The van der Waals surface area contributed by atoms with Crippen LogP contribution in [-0.4, -0.2) is 20.4 Å². The molecule has 0 saturated carbocycles. The zero-order valence-electron chi connectivity index (χ0n) is 11.3. The van der Waals surface area contributed by atoms with Crippen LogP contribution in [0.1, 0.15) is 11.4 Å². The fourth-order valence-corrected chi connectivity index (χ4v) is 2.98. The minimum absolute atomic E-state index is 0.494. The van der Waals surface area contributed by atoms with E-state index in [2.05, 4.69) is 25.9 Å². The quantitative estimate of drug-likeness (QED) is 0.599. The Kier molecular flexibility index (Phi) is 4.20. The molecule has 1 aromatic carbocycles. The first-order valence-corrected chi connectivity index (χ1v) is 8.16. The fraction of sp³-hybridized carbons (Fsp3) is 0.200. The maximum Gasteiger partial charge on any atom is 0.164 e. The number of fused-ring (bicyclic) bond motifs is 1. The molecule has 0 aliphatic heterocycles. The van der Waals surface area contributed by atoms with Crippen LogP contribution in [0, 0.1) is 6.92 Å². The Morgan fingerprint density at radius 1 is 1.29 bits per heavy atom. The van der Waals surface area contributed by atoms with Crippen molar-refractivity contribution >= 4 is 50.3 Å². The van der Waals surface area contributed by atoms with Crippen LogP contribution in [0.15, 0.2) is 34.9 Å². The Hall–Kier alpha value is -1.10. The summed E-state index contributed by atoms with van der Waals surface area (Å²) in [4.78, 5) is 9.12. The summed E-state index contributed by atoms with van der Waals surface area (Å²) in [6.45, 7) is 2.03. The third kappa shape index (κ3) is 2.80. The number of hydrogen-bond acceptors (Lipinski definition) is 2. The molecule has 0 spiro atoms. The summed E-state index contributed by atoms with van der Waals surface area (Å²) in [7, 11) is 0. The van der Waals surface area contributed by atoms with Gasteiger partial charge in [-0.2, -0.15) is 0 Å². The fourth-order valence-electron chi connectivity index (χ4n) is 2.29. The molecular weight excluding hydrogens is 373 g/mol. The highest BCUT2D eigenvalue weighted by molar-refractivity contribution is 9.10. The van der Waals surface area contributed by atoms with Gasteiger partial charge >= 0.3 is 0 Å². The zero-order valence-corrected chi connectivity index (χ0v) is 14.4. The predicted molar refractivity (Wildman–Crippen MR) is 90.7 cm³/mol. The topological polar surface area (TPSA) is 30.7 Å². The van der Waals surface area contributed by atoms with Gasteiger partial charge in [-0.25, -0.2) is 9.97 Å². The molecule has 0 radical (unpaired) electrons. The van der Waals surface area contributed by atoms with Gasteiger partial charge in [-0.3, -0.25) is 4.57 Å². The van der Waals surface area contributed by atoms with Gasteiger partial charge in [-0.1, -0.05) is 17.7 Å². The van der Waals surface area contributed by atoms with E-state index in [4.69, 9.17) is 23.2 Å². The highest BCUT2D eigenvalue weighted by Gasteiger charge is 2.16. The highest BCUT2D eigenvalue weighted by atomic mass is 79.9. The van der Waals surface area contributed by atoms with Gasteiger partial charge in [0.25, 0.3) is 0 Å². The number of rotatable bonds is 3. The Morgan fingerprint density at radius 2 is 2.10 bits per heavy atom. The first-order valence-electron chi connectivity index (χ1n) is 6.45. The van der Waals surface area contributed by atoms with Crippen molar-refractivity contribution < 1.29 is 0 Å². The summed E-state index contributed by atoms with van der Waals surface area (Å²) in [5.41, 5.74) is 3.62. The largest absolute Gasteiger partial charge is 0.279 e. The van der Waals surface area contributed by atoms with Gasteiger partial charge in [-0.05, 0) is 46.6 Å². The molecule has 0 N–H and O–H groups in total. The van der Waals surface area contributed by atoms with Crippen molar-refractivity contribution in [3.8, 4) is 5.69 Å². The number of aryl methyl sites for hydroxylation is 2. The number of halogens is 3. The molecule has 0 aliphatic rings. The summed E-state index contributed by atoms with van der Waals surface area (Å²) >= 11 is 15.7. The molecule has 6 heteroatoms. The lowest BCUT2D eigenvalue weighted by Gasteiger charge is -2.11. The Bertz CT molecular complexity index is 814. The molecule has 2 heterocycles. The molecule has 0 saturated heterocycles. The summed E-state index contributed by atoms with van der Waals surface area (Å²) in [6, 6.07) is 7.85. The Labute approximate surface area is 141 Å². The molecule has 3 aromatic rings. The van der Waals surface area contributed by atoms with E-state index in [1.807, 2.05) is 35.8 Å². The average molecular weight is 385 g/mol. The Morgan fingerprint density at radius 3 is 2.86 bits per heavy atom. The van der Waals surface area contributed by atoms with E-state index in [-0.39, 0.29) is 0 Å². The van der Waals surface area contributed by atoms with Crippen molar-refractivity contribution in [3.05, 3.63) is 51.3 Å². The molecule has 3 nitrogen and oxygen atoms in total. The van der Waals surface area contributed by atoms with Gasteiger partial charge in [0.2, 0.25) is 0 Å². The SMILES string of the molecule is Cc1ccc(Cl)c(-n2c(CCCl)nc3cc(Br)cnc32)c1. The second kappa shape index (κ2) is 5.95. The van der Waals surface area contributed by atoms with Crippen LogP contribution >= 0.6 is 39.1 Å². The number of aromatic nitrogens is 3. The second-order valence-corrected chi connectivity index (χ2v) is 6.45. The van der Waals surface area contributed by atoms with Crippen molar-refractivity contribution in [3.63, 3.8) is 0 Å². The van der Waals surface area contributed by atoms with E-state index in [1.165, 1.54) is 0 Å². The van der Waals surface area contributed by atoms with Crippen LogP contribution in [0.2, 0.25) is 5.02 Å². The molecular formula is C15H12BrCl2N3. The maximum absolute atomic E-state index is 6.37. The van der Waals surface area contributed by atoms with Gasteiger partial charge in [-0.15, -0.1) is 11.6 Å². The summed E-state index contributed by atoms with van der Waals surface area (Å²) in [5.74, 6) is 1.35. The van der Waals surface area contributed by atoms with E-state index in [9.17, 15) is 0 Å². The molecule has 0 amide bonds. The van der Waals surface area contributed by atoms with E-state index in [0.29, 0.717) is 17.3 Å². The zero-order chi connectivity index (χ0) is 15.0. The first kappa shape index (κ1) is 14.8. The van der Waals surface area contributed by atoms with Crippen LogP contribution in [0.3, 0.4) is 0 Å². The molecule has 0 bridgehead atoms. The third-order valence-electron chi connectivity index (χ3n) is 3.19. The number of hydrogen-bond donors (Lipinski definition) is 0.